The van der Waals surface area contributed by atoms with Crippen molar-refractivity contribution < 1.29 is 39.2 Å². The number of nitrogens with zero attached hydrogens (tertiary/aromatic N) is 2. The third-order valence-corrected chi connectivity index (χ3v) is 9.33. The molecule has 2 aromatic heterocycles. The van der Waals surface area contributed by atoms with Gasteiger partial charge < -0.3 is 30.7 Å². The van der Waals surface area contributed by atoms with Gasteiger partial charge in [-0.3, -0.25) is 28.3 Å². The molecule has 0 radical (unpaired) electrons. The highest BCUT2D eigenvalue weighted by molar-refractivity contribution is 6.00. The summed E-state index contributed by atoms with van der Waals surface area (Å²) in [7, 11) is 1.57. The molecule has 0 amide bonds. The van der Waals surface area contributed by atoms with Crippen LogP contribution in [-0.2, 0) is 22.4 Å². The van der Waals surface area contributed by atoms with E-state index in [0.717, 1.165) is 62.8 Å². The van der Waals surface area contributed by atoms with Gasteiger partial charge in [0.05, 0.1) is 31.0 Å². The average molecular weight is 647 g/mol. The van der Waals surface area contributed by atoms with Crippen LogP contribution < -0.4 is 15.4 Å². The Bertz CT molecular complexity index is 1830. The van der Waals surface area contributed by atoms with E-state index in [0.29, 0.717) is 39.2 Å². The van der Waals surface area contributed by atoms with Crippen molar-refractivity contribution in [1.29, 1.82) is 0 Å². The fourth-order valence-electron chi connectivity index (χ4n) is 6.88. The summed E-state index contributed by atoms with van der Waals surface area (Å²) in [6.45, 7) is 6.90. The fourth-order valence-corrected chi connectivity index (χ4v) is 6.88. The first-order valence-corrected chi connectivity index (χ1v) is 16.0. The molecule has 2 aromatic carbocycles. The van der Waals surface area contributed by atoms with Crippen molar-refractivity contribution in [3.8, 4) is 11.5 Å². The van der Waals surface area contributed by atoms with Crippen molar-refractivity contribution in [3.05, 3.63) is 58.9 Å². The van der Waals surface area contributed by atoms with E-state index in [1.165, 1.54) is 12.1 Å². The molecule has 0 unspecified atom stereocenters. The van der Waals surface area contributed by atoms with Crippen LogP contribution >= 0.6 is 0 Å². The predicted molar refractivity (Wildman–Crippen MR) is 177 cm³/mol. The minimum Gasteiger partial charge on any atom is -0.508 e. The van der Waals surface area contributed by atoms with Gasteiger partial charge in [0.2, 0.25) is 11.8 Å². The Morgan fingerprint density at radius 2 is 1.15 bits per heavy atom. The average Bonchev–Trinajstić information content (AvgIpc) is 3.49. The normalized spacial score (nSPS) is 15.7. The summed E-state index contributed by atoms with van der Waals surface area (Å²) in [5.41, 5.74) is 4.05. The highest BCUT2D eigenvalue weighted by Gasteiger charge is 2.29. The lowest BCUT2D eigenvalue weighted by molar-refractivity contribution is -0.137. The highest BCUT2D eigenvalue weighted by Crippen LogP contribution is 2.33. The van der Waals surface area contributed by atoms with Gasteiger partial charge in [0.25, 0.3) is 0 Å². The quantitative estimate of drug-likeness (QED) is 0.196. The van der Waals surface area contributed by atoms with E-state index >= 15 is 0 Å². The zero-order valence-corrected chi connectivity index (χ0v) is 27.0. The molecular formula is C35H42N4O8. The topological polar surface area (TPSA) is 172 Å². The summed E-state index contributed by atoms with van der Waals surface area (Å²) >= 11 is 0. The first-order valence-electron chi connectivity index (χ1n) is 16.0. The Morgan fingerprint density at radius 1 is 0.723 bits per heavy atom. The third-order valence-electron chi connectivity index (χ3n) is 9.33. The number of aromatic hydroxyl groups is 1. The molecule has 0 spiro atoms. The van der Waals surface area contributed by atoms with Crippen LogP contribution in [0.3, 0.4) is 0 Å². The number of aromatic nitrogens is 2. The smallest absolute Gasteiger partial charge is 0.307 e. The van der Waals surface area contributed by atoms with E-state index in [9.17, 15) is 29.4 Å². The zero-order chi connectivity index (χ0) is 33.8. The van der Waals surface area contributed by atoms with Crippen LogP contribution in [0.5, 0.6) is 11.5 Å². The Kier molecular flexibility index (Phi) is 10.3. The number of benzene rings is 2. The minimum atomic E-state index is -0.954. The van der Waals surface area contributed by atoms with E-state index in [1.807, 2.05) is 19.1 Å². The maximum Gasteiger partial charge on any atom is 0.307 e. The fraction of sp³-hybridized carbons (Fsp3) is 0.429. The van der Waals surface area contributed by atoms with Gasteiger partial charge in [-0.05, 0) is 113 Å². The number of carboxylic acid groups (broad SMARTS) is 2. The van der Waals surface area contributed by atoms with Crippen LogP contribution in [0.2, 0.25) is 0 Å². The number of carboxylic acids is 2. The summed E-state index contributed by atoms with van der Waals surface area (Å²) in [6.07, 6.45) is 2.90. The Morgan fingerprint density at radius 3 is 1.57 bits per heavy atom. The number of phenols is 1. The molecule has 2 aliphatic heterocycles. The second-order valence-electron chi connectivity index (χ2n) is 12.2. The van der Waals surface area contributed by atoms with Gasteiger partial charge in [0.1, 0.15) is 11.5 Å². The largest absolute Gasteiger partial charge is 0.508 e. The molecule has 0 saturated carbocycles. The molecule has 5 N–H and O–H groups in total. The number of carbonyl (C=O) groups excluding carboxylic acids is 2. The second-order valence-corrected chi connectivity index (χ2v) is 12.2. The molecule has 12 heteroatoms. The number of methoxy groups -OCH3 is 1. The molecule has 12 nitrogen and oxygen atoms in total. The van der Waals surface area contributed by atoms with Gasteiger partial charge >= 0.3 is 11.9 Å². The first-order chi connectivity index (χ1) is 22.5. The highest BCUT2D eigenvalue weighted by atomic mass is 16.5. The maximum atomic E-state index is 13.0. The number of aliphatic carboxylic acids is 2. The molecule has 2 saturated heterocycles. The maximum absolute atomic E-state index is 13.0. The van der Waals surface area contributed by atoms with Gasteiger partial charge in [-0.1, -0.05) is 0 Å². The van der Waals surface area contributed by atoms with Gasteiger partial charge in [0.15, 0.2) is 0 Å². The van der Waals surface area contributed by atoms with Gasteiger partial charge in [-0.2, -0.15) is 0 Å². The molecule has 4 heterocycles. The van der Waals surface area contributed by atoms with E-state index in [4.69, 9.17) is 9.84 Å². The van der Waals surface area contributed by atoms with Crippen LogP contribution in [0.1, 0.15) is 57.8 Å². The van der Waals surface area contributed by atoms with Crippen LogP contribution in [0, 0.1) is 25.7 Å². The molecule has 6 rings (SSSR count). The van der Waals surface area contributed by atoms with Crippen LogP contribution in [0.25, 0.3) is 21.8 Å². The molecule has 2 fully saturated rings. The first kappa shape index (κ1) is 33.7. The number of phenolic OH excluding ortho intramolecular Hbond substituents is 1. The summed E-state index contributed by atoms with van der Waals surface area (Å²) in [4.78, 5) is 48.4. The number of carbonyl (C=O) groups is 4. The van der Waals surface area contributed by atoms with Crippen LogP contribution in [-0.4, -0.2) is 81.5 Å². The number of rotatable bonds is 7. The number of fused-ring (bicyclic) bond motifs is 2. The lowest BCUT2D eigenvalue weighted by atomic mass is 9.97. The zero-order valence-electron chi connectivity index (χ0n) is 27.0. The number of hydrogen-bond acceptors (Lipinski definition) is 8. The molecule has 250 valence electrons. The predicted octanol–water partition coefficient (Wildman–Crippen LogP) is 4.15. The van der Waals surface area contributed by atoms with E-state index in [2.05, 4.69) is 10.6 Å². The van der Waals surface area contributed by atoms with Gasteiger partial charge in [-0.25, -0.2) is 0 Å². The van der Waals surface area contributed by atoms with Crippen molar-refractivity contribution >= 4 is 45.6 Å². The SMILES string of the molecule is COc1ccc2c(c1)c(CC(=O)O)c(C)n2C(=O)C1CCNCC1.Cc1c(CC(=O)O)c2cc(O)ccc2n1C(=O)C1CCNCC1. The summed E-state index contributed by atoms with van der Waals surface area (Å²) in [5, 5.41) is 36.0. The van der Waals surface area contributed by atoms with E-state index in [1.54, 1.807) is 35.3 Å². The van der Waals surface area contributed by atoms with Gasteiger partial charge in [-0.15, -0.1) is 0 Å². The standard InChI is InChI=1S/C18H22N2O4.C17H20N2O4/c1-11-14(10-17(21)22)15-9-13(24-2)3-4-16(15)20(11)18(23)12-5-7-19-8-6-12;1-10-13(9-16(21)22)14-8-12(20)2-3-15(14)19(10)17(23)11-4-6-18-7-5-11/h3-4,9,12,19H,5-8,10H2,1-2H3,(H,21,22);2-3,8,11,18,20H,4-7,9H2,1H3,(H,21,22). The number of piperidine rings is 2. The molecule has 0 bridgehead atoms. The van der Waals surface area contributed by atoms with Crippen LogP contribution in [0.4, 0.5) is 0 Å². The number of ether oxygens (including phenoxy) is 1. The molecule has 47 heavy (non-hydrogen) atoms. The lowest BCUT2D eigenvalue weighted by Gasteiger charge is -2.22. The van der Waals surface area contributed by atoms with Gasteiger partial charge in [0, 0.05) is 34.0 Å². The summed E-state index contributed by atoms with van der Waals surface area (Å²) in [5.74, 6) is -1.16. The van der Waals surface area contributed by atoms with Crippen molar-refractivity contribution in [3.63, 3.8) is 0 Å². The Balaban J connectivity index is 0.000000185. The van der Waals surface area contributed by atoms with Crippen LogP contribution in [0.15, 0.2) is 36.4 Å². The molecule has 0 atom stereocenters. The lowest BCUT2D eigenvalue weighted by Crippen LogP contribution is -2.34. The molecular weight excluding hydrogens is 604 g/mol. The number of nitrogens with one attached hydrogen (secondary N) is 2. The second kappa shape index (κ2) is 14.4. The van der Waals surface area contributed by atoms with Crippen molar-refractivity contribution in [2.75, 3.05) is 33.3 Å². The van der Waals surface area contributed by atoms with Crippen molar-refractivity contribution in [1.82, 2.24) is 19.8 Å². The molecule has 4 aromatic rings. The summed E-state index contributed by atoms with van der Waals surface area (Å²) in [6, 6.07) is 10.2. The van der Waals surface area contributed by atoms with Crippen molar-refractivity contribution in [2.24, 2.45) is 11.8 Å². The van der Waals surface area contributed by atoms with Crippen molar-refractivity contribution in [2.45, 2.75) is 52.4 Å². The Hall–Kier alpha value is -4.68. The monoisotopic (exact) mass is 646 g/mol. The minimum absolute atomic E-state index is 0.0105. The van der Waals surface area contributed by atoms with E-state index in [-0.39, 0.29) is 42.2 Å². The molecule has 2 aliphatic rings. The summed E-state index contributed by atoms with van der Waals surface area (Å²) < 4.78 is 8.58. The third kappa shape index (κ3) is 7.03. The molecule has 0 aliphatic carbocycles. The number of hydrogen-bond donors (Lipinski definition) is 5. The van der Waals surface area contributed by atoms with E-state index < -0.39 is 11.9 Å². The Labute approximate surface area is 272 Å².